The summed E-state index contributed by atoms with van der Waals surface area (Å²) in [5.74, 6) is 0. The second-order valence-electron chi connectivity index (χ2n) is 5.47. The fraction of sp³-hybridized carbons (Fsp3) is 0.833. The Morgan fingerprint density at radius 3 is 2.27 bits per heavy atom. The van der Waals surface area contributed by atoms with Gasteiger partial charge in [-0.15, -0.1) is 0 Å². The maximum atomic E-state index is 6.06. The van der Waals surface area contributed by atoms with Crippen molar-refractivity contribution in [3.63, 3.8) is 0 Å². The van der Waals surface area contributed by atoms with Crippen molar-refractivity contribution < 1.29 is 4.43 Å². The first-order chi connectivity index (χ1) is 6.81. The molecular weight excluding hydrogens is 224 g/mol. The van der Waals surface area contributed by atoms with E-state index >= 15 is 0 Å². The molecule has 15 heavy (non-hydrogen) atoms. The molecule has 0 aromatic heterocycles. The van der Waals surface area contributed by atoms with Gasteiger partial charge in [0.25, 0.3) is 0 Å². The summed E-state index contributed by atoms with van der Waals surface area (Å²) >= 11 is 5.44. The Balaban J connectivity index is 3.67. The molecular formula is C12H25ClOSi. The molecule has 0 N–H and O–H groups in total. The normalized spacial score (nSPS) is 13.7. The molecule has 0 bridgehead atoms. The van der Waals surface area contributed by atoms with Gasteiger partial charge >= 0.3 is 0 Å². The summed E-state index contributed by atoms with van der Waals surface area (Å²) in [6.45, 7) is 12.3. The highest BCUT2D eigenvalue weighted by atomic mass is 35.5. The molecule has 0 saturated heterocycles. The van der Waals surface area contributed by atoms with Gasteiger partial charge in [0, 0.05) is 12.1 Å². The molecule has 0 spiro atoms. The fourth-order valence-electron chi connectivity index (χ4n) is 0.971. The topological polar surface area (TPSA) is 9.23 Å². The standard InChI is InChI=1S/C12H25ClOSi/c1-12(2,3)15(4,5)14-11-9-7-6-8-10-13/h8,10H,6-7,9,11H2,1-5H3/b10-8-. The minimum absolute atomic E-state index is 0.322. The van der Waals surface area contributed by atoms with E-state index in [2.05, 4.69) is 33.9 Å². The quantitative estimate of drug-likeness (QED) is 0.478. The molecule has 0 aromatic carbocycles. The third kappa shape index (κ3) is 6.39. The van der Waals surface area contributed by atoms with Crippen molar-refractivity contribution in [1.82, 2.24) is 0 Å². The van der Waals surface area contributed by atoms with E-state index in [9.17, 15) is 0 Å². The van der Waals surface area contributed by atoms with Gasteiger partial charge in [0.2, 0.25) is 0 Å². The van der Waals surface area contributed by atoms with Crippen LogP contribution in [0, 0.1) is 0 Å². The Morgan fingerprint density at radius 1 is 1.20 bits per heavy atom. The van der Waals surface area contributed by atoms with Crippen LogP contribution in [0.1, 0.15) is 40.0 Å². The van der Waals surface area contributed by atoms with Crippen molar-refractivity contribution in [3.8, 4) is 0 Å². The number of halogens is 1. The number of allylic oxidation sites excluding steroid dienone is 1. The molecule has 0 atom stereocenters. The monoisotopic (exact) mass is 248 g/mol. The maximum Gasteiger partial charge on any atom is 0.191 e. The highest BCUT2D eigenvalue weighted by Crippen LogP contribution is 2.36. The van der Waals surface area contributed by atoms with Crippen LogP contribution >= 0.6 is 11.6 Å². The van der Waals surface area contributed by atoms with Gasteiger partial charge in [0.05, 0.1) is 0 Å². The van der Waals surface area contributed by atoms with Crippen molar-refractivity contribution in [1.29, 1.82) is 0 Å². The summed E-state index contributed by atoms with van der Waals surface area (Å²) < 4.78 is 6.06. The van der Waals surface area contributed by atoms with E-state index in [1.165, 1.54) is 0 Å². The first-order valence-electron chi connectivity index (χ1n) is 5.70. The molecule has 0 amide bonds. The molecule has 0 aliphatic rings. The Morgan fingerprint density at radius 2 is 1.80 bits per heavy atom. The molecule has 90 valence electrons. The predicted molar refractivity (Wildman–Crippen MR) is 72.0 cm³/mol. The predicted octanol–water partition coefficient (Wildman–Crippen LogP) is 4.93. The van der Waals surface area contributed by atoms with Crippen LogP contribution in [0.2, 0.25) is 18.1 Å². The Bertz CT molecular complexity index is 194. The fourth-order valence-corrected chi connectivity index (χ4v) is 2.18. The van der Waals surface area contributed by atoms with Crippen LogP contribution < -0.4 is 0 Å². The lowest BCUT2D eigenvalue weighted by Gasteiger charge is -2.36. The minimum Gasteiger partial charge on any atom is -0.417 e. The Kier molecular flexibility index (Phi) is 6.81. The van der Waals surface area contributed by atoms with Crippen LogP contribution in [0.15, 0.2) is 11.6 Å². The smallest absolute Gasteiger partial charge is 0.191 e. The number of hydrogen-bond donors (Lipinski definition) is 0. The van der Waals surface area contributed by atoms with Gasteiger partial charge in [0.15, 0.2) is 8.32 Å². The van der Waals surface area contributed by atoms with E-state index in [1.54, 1.807) is 5.54 Å². The van der Waals surface area contributed by atoms with Gasteiger partial charge in [-0.2, -0.15) is 0 Å². The highest BCUT2D eigenvalue weighted by Gasteiger charge is 2.36. The average Bonchev–Trinajstić information content (AvgIpc) is 2.09. The maximum absolute atomic E-state index is 6.06. The molecule has 0 aliphatic carbocycles. The average molecular weight is 249 g/mol. The third-order valence-corrected chi connectivity index (χ3v) is 7.84. The van der Waals surface area contributed by atoms with Gasteiger partial charge in [0.1, 0.15) is 0 Å². The lowest BCUT2D eigenvalue weighted by molar-refractivity contribution is 0.279. The molecule has 0 aliphatic heterocycles. The van der Waals surface area contributed by atoms with Crippen molar-refractivity contribution in [2.24, 2.45) is 0 Å². The molecule has 0 rings (SSSR count). The van der Waals surface area contributed by atoms with Gasteiger partial charge in [-0.1, -0.05) is 38.4 Å². The number of unbranched alkanes of at least 4 members (excludes halogenated alkanes) is 2. The van der Waals surface area contributed by atoms with Gasteiger partial charge in [-0.05, 0) is 37.4 Å². The summed E-state index contributed by atoms with van der Waals surface area (Å²) in [6.07, 6.45) is 5.35. The summed E-state index contributed by atoms with van der Waals surface area (Å²) in [5, 5.41) is 0.322. The van der Waals surface area contributed by atoms with Crippen LogP contribution in [0.5, 0.6) is 0 Å². The van der Waals surface area contributed by atoms with Crippen LogP contribution in [0.3, 0.4) is 0 Å². The highest BCUT2D eigenvalue weighted by molar-refractivity contribution is 6.74. The molecule has 0 saturated carbocycles. The second kappa shape index (κ2) is 6.72. The van der Waals surface area contributed by atoms with Crippen molar-refractivity contribution in [2.45, 2.75) is 58.2 Å². The summed E-state index contributed by atoms with van der Waals surface area (Å²) in [4.78, 5) is 0. The number of rotatable bonds is 6. The first kappa shape index (κ1) is 15.2. The summed E-state index contributed by atoms with van der Waals surface area (Å²) in [6, 6.07) is 0. The second-order valence-corrected chi connectivity index (χ2v) is 10.5. The van der Waals surface area contributed by atoms with E-state index < -0.39 is 8.32 Å². The van der Waals surface area contributed by atoms with Crippen LogP contribution in [0.4, 0.5) is 0 Å². The molecule has 1 nitrogen and oxygen atoms in total. The molecule has 0 aromatic rings. The number of hydrogen-bond acceptors (Lipinski definition) is 1. The molecule has 0 unspecified atom stereocenters. The Labute approximate surface area is 101 Å². The molecule has 0 fully saturated rings. The van der Waals surface area contributed by atoms with Crippen molar-refractivity contribution in [2.75, 3.05) is 6.61 Å². The van der Waals surface area contributed by atoms with Gasteiger partial charge in [-0.3, -0.25) is 0 Å². The first-order valence-corrected chi connectivity index (χ1v) is 9.05. The van der Waals surface area contributed by atoms with Crippen molar-refractivity contribution >= 4 is 19.9 Å². The zero-order valence-corrected chi connectivity index (χ0v) is 12.5. The third-order valence-electron chi connectivity index (χ3n) is 3.12. The van der Waals surface area contributed by atoms with E-state index in [0.29, 0.717) is 5.04 Å². The van der Waals surface area contributed by atoms with E-state index in [0.717, 1.165) is 25.9 Å². The van der Waals surface area contributed by atoms with E-state index in [-0.39, 0.29) is 0 Å². The van der Waals surface area contributed by atoms with Gasteiger partial charge in [-0.25, -0.2) is 0 Å². The zero-order valence-electron chi connectivity index (χ0n) is 10.8. The molecule has 3 heteroatoms. The molecule has 0 heterocycles. The van der Waals surface area contributed by atoms with E-state index in [4.69, 9.17) is 16.0 Å². The minimum atomic E-state index is -1.52. The van der Waals surface area contributed by atoms with Crippen LogP contribution in [-0.2, 0) is 4.43 Å². The molecule has 0 radical (unpaired) electrons. The van der Waals surface area contributed by atoms with Crippen molar-refractivity contribution in [3.05, 3.63) is 11.6 Å². The lowest BCUT2D eigenvalue weighted by atomic mass is 10.2. The lowest BCUT2D eigenvalue weighted by Crippen LogP contribution is -2.40. The largest absolute Gasteiger partial charge is 0.417 e. The van der Waals surface area contributed by atoms with Crippen LogP contribution in [0.25, 0.3) is 0 Å². The summed E-state index contributed by atoms with van der Waals surface area (Å²) in [5.41, 5.74) is 1.59. The Hall–Kier alpha value is 0.207. The van der Waals surface area contributed by atoms with E-state index in [1.807, 2.05) is 6.08 Å². The summed E-state index contributed by atoms with van der Waals surface area (Å²) in [7, 11) is -1.52. The zero-order chi connectivity index (χ0) is 11.9. The van der Waals surface area contributed by atoms with Crippen LogP contribution in [-0.4, -0.2) is 14.9 Å². The van der Waals surface area contributed by atoms with Gasteiger partial charge < -0.3 is 4.43 Å². The SMILES string of the molecule is CC(C)(C)[Si](C)(C)OCCCC/C=C\Cl.